The molecular weight excluding hydrogens is 235 g/mol. The maximum Gasteiger partial charge on any atom is 0.126 e. The number of aryl methyl sites for hydroxylation is 1. The summed E-state index contributed by atoms with van der Waals surface area (Å²) in [5.41, 5.74) is 6.07. The van der Waals surface area contributed by atoms with E-state index in [1.807, 2.05) is 12.1 Å². The minimum Gasteiger partial charge on any atom is -0.207 e. The average molecular weight is 252 g/mol. The second kappa shape index (κ2) is 5.00. The molecule has 3 rings (SSSR count). The van der Waals surface area contributed by atoms with Gasteiger partial charge in [0.25, 0.3) is 0 Å². The van der Waals surface area contributed by atoms with Gasteiger partial charge in [-0.25, -0.2) is 4.39 Å². The average Bonchev–Trinajstić information content (AvgIpc) is 2.41. The summed E-state index contributed by atoms with van der Waals surface area (Å²) in [6.45, 7) is 2.17. The van der Waals surface area contributed by atoms with Crippen molar-refractivity contribution in [2.24, 2.45) is 0 Å². The third kappa shape index (κ3) is 2.60. The van der Waals surface area contributed by atoms with E-state index in [4.69, 9.17) is 0 Å². The van der Waals surface area contributed by atoms with Gasteiger partial charge in [-0.15, -0.1) is 0 Å². The van der Waals surface area contributed by atoms with Crippen molar-refractivity contribution in [2.45, 2.75) is 26.2 Å². The minimum atomic E-state index is -0.119. The summed E-state index contributed by atoms with van der Waals surface area (Å²) < 4.78 is 13.7. The fraction of sp³-hybridized carbons (Fsp3) is 0.222. The SMILES string of the molecule is CC1=Cc2cc(Cc3ccccc3F)ccc2CC1. The van der Waals surface area contributed by atoms with Crippen LogP contribution in [0.15, 0.2) is 48.0 Å². The van der Waals surface area contributed by atoms with Gasteiger partial charge in [-0.05, 0) is 48.1 Å². The van der Waals surface area contributed by atoms with E-state index >= 15 is 0 Å². The molecule has 0 aromatic heterocycles. The van der Waals surface area contributed by atoms with Gasteiger partial charge in [0.1, 0.15) is 5.82 Å². The van der Waals surface area contributed by atoms with Crippen molar-refractivity contribution < 1.29 is 4.39 Å². The van der Waals surface area contributed by atoms with E-state index in [0.717, 1.165) is 18.4 Å². The third-order valence-electron chi connectivity index (χ3n) is 3.75. The minimum absolute atomic E-state index is 0.119. The number of allylic oxidation sites excluding steroid dienone is 1. The fourth-order valence-corrected chi connectivity index (χ4v) is 2.65. The first-order chi connectivity index (χ1) is 9.22. The molecule has 2 aromatic carbocycles. The molecule has 1 heteroatoms. The van der Waals surface area contributed by atoms with Crippen LogP contribution in [0, 0.1) is 5.82 Å². The van der Waals surface area contributed by atoms with Gasteiger partial charge in [0.05, 0.1) is 0 Å². The molecule has 0 amide bonds. The quantitative estimate of drug-likeness (QED) is 0.722. The first-order valence-corrected chi connectivity index (χ1v) is 6.75. The van der Waals surface area contributed by atoms with Crippen LogP contribution in [-0.2, 0) is 12.8 Å². The van der Waals surface area contributed by atoms with Crippen LogP contribution in [0.5, 0.6) is 0 Å². The molecule has 0 bridgehead atoms. The highest BCUT2D eigenvalue weighted by Gasteiger charge is 2.09. The standard InChI is InChI=1S/C18H17F/c1-13-6-8-15-9-7-14(12-17(15)10-13)11-16-4-2-3-5-18(16)19/h2-5,7,9-10,12H,6,8,11H2,1H3. The Labute approximate surface area is 113 Å². The lowest BCUT2D eigenvalue weighted by molar-refractivity contribution is 0.614. The second-order valence-electron chi connectivity index (χ2n) is 5.29. The maximum atomic E-state index is 13.7. The fourth-order valence-electron chi connectivity index (χ4n) is 2.65. The lowest BCUT2D eigenvalue weighted by Gasteiger charge is -2.15. The van der Waals surface area contributed by atoms with E-state index in [1.165, 1.54) is 28.3 Å². The summed E-state index contributed by atoms with van der Waals surface area (Å²) in [6.07, 6.45) is 5.19. The first kappa shape index (κ1) is 12.2. The van der Waals surface area contributed by atoms with Gasteiger partial charge < -0.3 is 0 Å². The second-order valence-corrected chi connectivity index (χ2v) is 5.29. The molecule has 0 atom stereocenters. The Morgan fingerprint density at radius 1 is 1.05 bits per heavy atom. The van der Waals surface area contributed by atoms with E-state index < -0.39 is 0 Å². The molecule has 0 radical (unpaired) electrons. The lowest BCUT2D eigenvalue weighted by atomic mass is 9.90. The summed E-state index contributed by atoms with van der Waals surface area (Å²) in [5, 5.41) is 0. The molecule has 0 fully saturated rings. The summed E-state index contributed by atoms with van der Waals surface area (Å²) >= 11 is 0. The number of hydrogen-bond acceptors (Lipinski definition) is 0. The molecule has 2 aromatic rings. The molecule has 0 N–H and O–H groups in total. The highest BCUT2D eigenvalue weighted by molar-refractivity contribution is 5.60. The van der Waals surface area contributed by atoms with Crippen LogP contribution in [0.25, 0.3) is 6.08 Å². The summed E-state index contributed by atoms with van der Waals surface area (Å²) in [4.78, 5) is 0. The molecule has 0 spiro atoms. The first-order valence-electron chi connectivity index (χ1n) is 6.75. The monoisotopic (exact) mass is 252 g/mol. The zero-order valence-electron chi connectivity index (χ0n) is 11.1. The number of halogens is 1. The predicted molar refractivity (Wildman–Crippen MR) is 77.6 cm³/mol. The van der Waals surface area contributed by atoms with E-state index in [2.05, 4.69) is 31.2 Å². The predicted octanol–water partition coefficient (Wildman–Crippen LogP) is 4.77. The van der Waals surface area contributed by atoms with Crippen molar-refractivity contribution in [3.8, 4) is 0 Å². The molecule has 0 unspecified atom stereocenters. The summed E-state index contributed by atoms with van der Waals surface area (Å²) in [6, 6.07) is 13.5. The molecule has 96 valence electrons. The Hall–Kier alpha value is -1.89. The zero-order chi connectivity index (χ0) is 13.2. The molecule has 1 aliphatic carbocycles. The van der Waals surface area contributed by atoms with Gasteiger partial charge in [0.15, 0.2) is 0 Å². The van der Waals surface area contributed by atoms with Gasteiger partial charge in [0, 0.05) is 6.42 Å². The Kier molecular flexibility index (Phi) is 3.20. The van der Waals surface area contributed by atoms with Gasteiger partial charge in [0.2, 0.25) is 0 Å². The van der Waals surface area contributed by atoms with Crippen LogP contribution in [0.2, 0.25) is 0 Å². The van der Waals surface area contributed by atoms with Crippen molar-refractivity contribution >= 4 is 6.08 Å². The van der Waals surface area contributed by atoms with Crippen LogP contribution in [-0.4, -0.2) is 0 Å². The van der Waals surface area contributed by atoms with Gasteiger partial charge in [-0.1, -0.05) is 48.0 Å². The molecule has 0 aliphatic heterocycles. The van der Waals surface area contributed by atoms with Crippen molar-refractivity contribution in [3.05, 3.63) is 76.1 Å². The van der Waals surface area contributed by atoms with E-state index in [0.29, 0.717) is 6.42 Å². The Bertz CT molecular complexity index is 638. The number of rotatable bonds is 2. The topological polar surface area (TPSA) is 0 Å². The normalized spacial score (nSPS) is 13.9. The van der Waals surface area contributed by atoms with Gasteiger partial charge in [-0.2, -0.15) is 0 Å². The van der Waals surface area contributed by atoms with Crippen LogP contribution in [0.3, 0.4) is 0 Å². The molecule has 0 nitrogen and oxygen atoms in total. The molecule has 0 heterocycles. The Balaban J connectivity index is 1.92. The number of fused-ring (bicyclic) bond motifs is 1. The van der Waals surface area contributed by atoms with E-state index in [1.54, 1.807) is 6.07 Å². The largest absolute Gasteiger partial charge is 0.207 e. The van der Waals surface area contributed by atoms with Gasteiger partial charge >= 0.3 is 0 Å². The Morgan fingerprint density at radius 3 is 2.74 bits per heavy atom. The van der Waals surface area contributed by atoms with Crippen LogP contribution >= 0.6 is 0 Å². The van der Waals surface area contributed by atoms with Gasteiger partial charge in [-0.3, -0.25) is 0 Å². The summed E-state index contributed by atoms with van der Waals surface area (Å²) in [5.74, 6) is -0.119. The van der Waals surface area contributed by atoms with E-state index in [9.17, 15) is 4.39 Å². The van der Waals surface area contributed by atoms with Crippen LogP contribution in [0.1, 0.15) is 35.6 Å². The zero-order valence-corrected chi connectivity index (χ0v) is 11.1. The molecule has 1 aliphatic rings. The molecule has 19 heavy (non-hydrogen) atoms. The van der Waals surface area contributed by atoms with Crippen molar-refractivity contribution in [2.75, 3.05) is 0 Å². The van der Waals surface area contributed by atoms with E-state index in [-0.39, 0.29) is 5.82 Å². The molecule has 0 saturated heterocycles. The lowest BCUT2D eigenvalue weighted by Crippen LogP contribution is -1.99. The highest BCUT2D eigenvalue weighted by atomic mass is 19.1. The Morgan fingerprint density at radius 2 is 1.89 bits per heavy atom. The summed E-state index contributed by atoms with van der Waals surface area (Å²) in [7, 11) is 0. The van der Waals surface area contributed by atoms with Crippen molar-refractivity contribution in [3.63, 3.8) is 0 Å². The van der Waals surface area contributed by atoms with Crippen LogP contribution in [0.4, 0.5) is 4.39 Å². The third-order valence-corrected chi connectivity index (χ3v) is 3.75. The maximum absolute atomic E-state index is 13.7. The molecular formula is C18H17F. The number of benzene rings is 2. The highest BCUT2D eigenvalue weighted by Crippen LogP contribution is 2.25. The van der Waals surface area contributed by atoms with Crippen LogP contribution < -0.4 is 0 Å². The smallest absolute Gasteiger partial charge is 0.126 e. The molecule has 0 saturated carbocycles. The van der Waals surface area contributed by atoms with Crippen molar-refractivity contribution in [1.29, 1.82) is 0 Å². The number of hydrogen-bond donors (Lipinski definition) is 0. The van der Waals surface area contributed by atoms with Crippen molar-refractivity contribution in [1.82, 2.24) is 0 Å².